The molecule has 3 rings (SSSR count). The lowest BCUT2D eigenvalue weighted by Crippen LogP contribution is -2.38. The summed E-state index contributed by atoms with van der Waals surface area (Å²) in [6.45, 7) is 6.68. The van der Waals surface area contributed by atoms with Gasteiger partial charge in [0.1, 0.15) is 18.1 Å². The van der Waals surface area contributed by atoms with Crippen LogP contribution in [0, 0.1) is 5.82 Å². The number of esters is 1. The van der Waals surface area contributed by atoms with Gasteiger partial charge in [0, 0.05) is 12.5 Å². The van der Waals surface area contributed by atoms with Gasteiger partial charge in [0.05, 0.1) is 18.3 Å². The molecule has 0 radical (unpaired) electrons. The molecule has 0 saturated heterocycles. The van der Waals surface area contributed by atoms with Gasteiger partial charge in [0.15, 0.2) is 5.11 Å². The van der Waals surface area contributed by atoms with Crippen molar-refractivity contribution in [3.05, 3.63) is 52.6 Å². The number of aromatic nitrogens is 2. The van der Waals surface area contributed by atoms with Crippen molar-refractivity contribution in [2.75, 3.05) is 13.2 Å². The van der Waals surface area contributed by atoms with Gasteiger partial charge in [-0.25, -0.2) is 9.18 Å². The molecule has 0 aliphatic heterocycles. The number of carbonyl (C=O) groups is 1. The predicted molar refractivity (Wildman–Crippen MR) is 113 cm³/mol. The van der Waals surface area contributed by atoms with E-state index in [0.717, 1.165) is 23.2 Å². The molecule has 0 fully saturated rings. The third kappa shape index (κ3) is 4.93. The summed E-state index contributed by atoms with van der Waals surface area (Å²) in [6, 6.07) is 6.88. The Morgan fingerprint density at radius 3 is 2.86 bits per heavy atom. The molecule has 29 heavy (non-hydrogen) atoms. The smallest absolute Gasteiger partial charge is 0.356 e. The summed E-state index contributed by atoms with van der Waals surface area (Å²) in [6.07, 6.45) is 1.49. The molecule has 1 unspecified atom stereocenters. The largest absolute Gasteiger partial charge is 0.459 e. The van der Waals surface area contributed by atoms with E-state index in [0.29, 0.717) is 23.8 Å². The third-order valence-electron chi connectivity index (χ3n) is 5.00. The van der Waals surface area contributed by atoms with Gasteiger partial charge in [-0.3, -0.25) is 4.68 Å². The molecule has 2 N–H and O–H groups in total. The second kappa shape index (κ2) is 8.49. The number of benzene rings is 1. The van der Waals surface area contributed by atoms with E-state index in [2.05, 4.69) is 15.7 Å². The normalized spacial score (nSPS) is 15.7. The van der Waals surface area contributed by atoms with Crippen LogP contribution in [-0.2, 0) is 23.6 Å². The van der Waals surface area contributed by atoms with Crippen LogP contribution in [0.2, 0.25) is 0 Å². The fourth-order valence-corrected chi connectivity index (χ4v) is 3.62. The maximum absolute atomic E-state index is 13.8. The predicted octanol–water partition coefficient (Wildman–Crippen LogP) is 3.17. The van der Waals surface area contributed by atoms with E-state index in [4.69, 9.17) is 17.0 Å². The quantitative estimate of drug-likeness (QED) is 0.442. The molecular formula is C21H27FN4O2S. The van der Waals surface area contributed by atoms with E-state index >= 15 is 0 Å². The van der Waals surface area contributed by atoms with Gasteiger partial charge < -0.3 is 15.4 Å². The Bertz CT molecular complexity index is 920. The van der Waals surface area contributed by atoms with Crippen LogP contribution in [0.5, 0.6) is 0 Å². The van der Waals surface area contributed by atoms with Crippen molar-refractivity contribution < 1.29 is 13.9 Å². The number of thiocarbonyl (C=S) groups is 1. The van der Waals surface area contributed by atoms with Crippen molar-refractivity contribution in [2.45, 2.75) is 45.1 Å². The molecule has 0 saturated carbocycles. The van der Waals surface area contributed by atoms with Crippen LogP contribution in [-0.4, -0.2) is 34.0 Å². The number of carbonyl (C=O) groups excluding carboxylic acids is 1. The highest BCUT2D eigenvalue weighted by Gasteiger charge is 2.25. The Kier molecular flexibility index (Phi) is 6.21. The highest BCUT2D eigenvalue weighted by atomic mass is 32.1. The van der Waals surface area contributed by atoms with Gasteiger partial charge in [0.2, 0.25) is 0 Å². The standard InChI is InChI=1S/C21H27FN4O2S/c1-21(2,3)18-12-17(26(4)25-18)19(27)28-11-10-23-20(29)24-16-9-8-13-14(16)6-5-7-15(13)22/h5-7,12,16H,8-11H2,1-4H3,(H2,23,24,29). The number of nitrogens with one attached hydrogen (secondary N) is 2. The number of hydrogen-bond acceptors (Lipinski definition) is 4. The Hall–Kier alpha value is -2.48. The van der Waals surface area contributed by atoms with Gasteiger partial charge in [-0.05, 0) is 48.3 Å². The van der Waals surface area contributed by atoms with E-state index in [-0.39, 0.29) is 23.9 Å². The average molecular weight is 419 g/mol. The topological polar surface area (TPSA) is 68.2 Å². The number of fused-ring (bicyclic) bond motifs is 1. The van der Waals surface area contributed by atoms with Crippen LogP contribution >= 0.6 is 12.2 Å². The first-order valence-corrected chi connectivity index (χ1v) is 10.1. The summed E-state index contributed by atoms with van der Waals surface area (Å²) in [5.74, 6) is -0.584. The number of ether oxygens (including phenoxy) is 1. The van der Waals surface area contributed by atoms with E-state index in [1.165, 1.54) is 6.07 Å². The first kappa shape index (κ1) is 21.2. The lowest BCUT2D eigenvalue weighted by atomic mass is 9.92. The Morgan fingerprint density at radius 2 is 2.17 bits per heavy atom. The van der Waals surface area contributed by atoms with Gasteiger partial charge in [-0.2, -0.15) is 5.10 Å². The zero-order valence-electron chi connectivity index (χ0n) is 17.2. The highest BCUT2D eigenvalue weighted by molar-refractivity contribution is 7.80. The molecule has 6 nitrogen and oxygen atoms in total. The summed E-state index contributed by atoms with van der Waals surface area (Å²) in [7, 11) is 1.73. The lowest BCUT2D eigenvalue weighted by molar-refractivity contribution is 0.0500. The Balaban J connectivity index is 1.44. The van der Waals surface area contributed by atoms with Gasteiger partial charge in [-0.15, -0.1) is 0 Å². The summed E-state index contributed by atoms with van der Waals surface area (Å²) >= 11 is 5.32. The van der Waals surface area contributed by atoms with Crippen molar-refractivity contribution in [1.29, 1.82) is 0 Å². The first-order valence-electron chi connectivity index (χ1n) is 9.70. The lowest BCUT2D eigenvalue weighted by Gasteiger charge is -2.17. The molecule has 1 aromatic heterocycles. The molecule has 0 bridgehead atoms. The van der Waals surface area contributed by atoms with Gasteiger partial charge >= 0.3 is 5.97 Å². The maximum atomic E-state index is 13.8. The second-order valence-electron chi connectivity index (χ2n) is 8.22. The van der Waals surface area contributed by atoms with E-state index in [1.807, 2.05) is 26.8 Å². The minimum atomic E-state index is -0.420. The first-order chi connectivity index (χ1) is 13.7. The molecule has 2 aromatic rings. The molecule has 1 aromatic carbocycles. The van der Waals surface area contributed by atoms with Crippen LogP contribution in [0.15, 0.2) is 24.3 Å². The number of aryl methyl sites for hydroxylation is 1. The van der Waals surface area contributed by atoms with E-state index in [1.54, 1.807) is 23.9 Å². The minimum Gasteiger partial charge on any atom is -0.459 e. The molecule has 1 heterocycles. The van der Waals surface area contributed by atoms with E-state index < -0.39 is 5.97 Å². The molecular weight excluding hydrogens is 391 g/mol. The fraction of sp³-hybridized carbons (Fsp3) is 0.476. The van der Waals surface area contributed by atoms with Crippen LogP contribution in [0.3, 0.4) is 0 Å². The molecule has 1 atom stereocenters. The number of halogens is 1. The zero-order chi connectivity index (χ0) is 21.2. The molecule has 1 aliphatic rings. The van der Waals surface area contributed by atoms with Crippen LogP contribution in [0.25, 0.3) is 0 Å². The van der Waals surface area contributed by atoms with Crippen molar-refractivity contribution in [3.8, 4) is 0 Å². The zero-order valence-corrected chi connectivity index (χ0v) is 18.0. The summed E-state index contributed by atoms with van der Waals surface area (Å²) < 4.78 is 20.7. The fourth-order valence-electron chi connectivity index (χ4n) is 3.38. The van der Waals surface area contributed by atoms with Crippen molar-refractivity contribution in [2.24, 2.45) is 7.05 Å². The van der Waals surface area contributed by atoms with Crippen molar-refractivity contribution in [3.63, 3.8) is 0 Å². The molecule has 0 amide bonds. The summed E-state index contributed by atoms with van der Waals surface area (Å²) in [5.41, 5.74) is 2.82. The third-order valence-corrected chi connectivity index (χ3v) is 5.26. The van der Waals surface area contributed by atoms with Crippen LogP contribution in [0.4, 0.5) is 4.39 Å². The number of rotatable bonds is 5. The molecule has 156 valence electrons. The molecule has 0 spiro atoms. The summed E-state index contributed by atoms with van der Waals surface area (Å²) in [4.78, 5) is 12.3. The van der Waals surface area contributed by atoms with Gasteiger partial charge in [0.25, 0.3) is 0 Å². The van der Waals surface area contributed by atoms with Crippen LogP contribution in [0.1, 0.15) is 60.5 Å². The average Bonchev–Trinajstić information content (AvgIpc) is 3.23. The number of hydrogen-bond donors (Lipinski definition) is 2. The second-order valence-corrected chi connectivity index (χ2v) is 8.63. The summed E-state index contributed by atoms with van der Waals surface area (Å²) in [5, 5.41) is 11.1. The monoisotopic (exact) mass is 418 g/mol. The highest BCUT2D eigenvalue weighted by Crippen LogP contribution is 2.32. The number of nitrogens with zero attached hydrogens (tertiary/aromatic N) is 2. The molecule has 1 aliphatic carbocycles. The van der Waals surface area contributed by atoms with Crippen molar-refractivity contribution in [1.82, 2.24) is 20.4 Å². The molecule has 8 heteroatoms. The minimum absolute atomic E-state index is 0.00601. The van der Waals surface area contributed by atoms with Gasteiger partial charge in [-0.1, -0.05) is 32.9 Å². The maximum Gasteiger partial charge on any atom is 0.356 e. The van der Waals surface area contributed by atoms with Crippen molar-refractivity contribution >= 4 is 23.3 Å². The SMILES string of the molecule is Cn1nc(C(C)(C)C)cc1C(=O)OCCNC(=S)NC1CCc2c(F)cccc21. The Labute approximate surface area is 175 Å². The van der Waals surface area contributed by atoms with E-state index in [9.17, 15) is 9.18 Å². The van der Waals surface area contributed by atoms with Crippen LogP contribution < -0.4 is 10.6 Å². The Morgan fingerprint density at radius 1 is 1.41 bits per heavy atom.